The van der Waals surface area contributed by atoms with Crippen molar-refractivity contribution in [1.29, 1.82) is 0 Å². The average Bonchev–Trinajstić information content (AvgIpc) is 3.00. The lowest BCUT2D eigenvalue weighted by molar-refractivity contribution is 0.0595. The Hall–Kier alpha value is -2.88. The quantitative estimate of drug-likeness (QED) is 0.690. The Morgan fingerprint density at radius 2 is 1.62 bits per heavy atom. The molecule has 0 atom stereocenters. The van der Waals surface area contributed by atoms with Crippen LogP contribution in [0.4, 0.5) is 0 Å². The number of hydrogen-bond acceptors (Lipinski definition) is 3. The zero-order valence-electron chi connectivity index (χ0n) is 11.6. The Labute approximate surface area is 122 Å². The Morgan fingerprint density at radius 1 is 1.00 bits per heavy atom. The van der Waals surface area contributed by atoms with Gasteiger partial charge in [0.25, 0.3) is 0 Å². The number of rotatable bonds is 3. The first-order valence-electron chi connectivity index (χ1n) is 6.58. The van der Waals surface area contributed by atoms with Gasteiger partial charge in [-0.25, -0.2) is 9.78 Å². The van der Waals surface area contributed by atoms with Gasteiger partial charge in [-0.1, -0.05) is 48.5 Å². The van der Waals surface area contributed by atoms with Crippen LogP contribution in [0, 0.1) is 0 Å². The summed E-state index contributed by atoms with van der Waals surface area (Å²) < 4.78 is 6.72. The number of ether oxygens (including phenoxy) is 1. The van der Waals surface area contributed by atoms with Gasteiger partial charge in [-0.15, -0.1) is 0 Å². The molecule has 4 heteroatoms. The van der Waals surface area contributed by atoms with Gasteiger partial charge in [0.05, 0.1) is 12.8 Å². The molecule has 2 aromatic carbocycles. The van der Waals surface area contributed by atoms with Crippen LogP contribution in [0.1, 0.15) is 10.5 Å². The third-order valence-electron chi connectivity index (χ3n) is 3.23. The van der Waals surface area contributed by atoms with Crippen molar-refractivity contribution in [3.8, 4) is 16.9 Å². The van der Waals surface area contributed by atoms with E-state index in [1.807, 2.05) is 65.2 Å². The van der Waals surface area contributed by atoms with Gasteiger partial charge in [0.1, 0.15) is 6.33 Å². The number of benzene rings is 2. The first-order valence-corrected chi connectivity index (χ1v) is 6.58. The molecule has 0 saturated carbocycles. The molecule has 0 bridgehead atoms. The molecular weight excluding hydrogens is 264 g/mol. The minimum Gasteiger partial charge on any atom is -0.464 e. The van der Waals surface area contributed by atoms with E-state index in [0.29, 0.717) is 5.69 Å². The molecule has 4 nitrogen and oxygen atoms in total. The van der Waals surface area contributed by atoms with Gasteiger partial charge < -0.3 is 4.74 Å². The Balaban J connectivity index is 2.23. The minimum absolute atomic E-state index is 0.313. The predicted molar refractivity (Wildman–Crippen MR) is 80.3 cm³/mol. The van der Waals surface area contributed by atoms with E-state index in [4.69, 9.17) is 4.74 Å². The molecule has 0 aliphatic rings. The number of nitrogens with zero attached hydrogens (tertiary/aromatic N) is 2. The number of imidazole rings is 1. The molecule has 1 aromatic heterocycles. The molecule has 3 rings (SSSR count). The number of carbonyl (C=O) groups is 1. The summed E-state index contributed by atoms with van der Waals surface area (Å²) in [5.74, 6) is -0.441. The normalized spacial score (nSPS) is 10.3. The summed E-state index contributed by atoms with van der Waals surface area (Å²) in [7, 11) is 1.36. The Bertz CT molecular complexity index is 749. The fraction of sp³-hybridized carbons (Fsp3) is 0.0588. The van der Waals surface area contributed by atoms with Crippen molar-refractivity contribution in [1.82, 2.24) is 9.55 Å². The van der Waals surface area contributed by atoms with Gasteiger partial charge in [-0.2, -0.15) is 0 Å². The van der Waals surface area contributed by atoms with E-state index in [1.54, 1.807) is 6.33 Å². The van der Waals surface area contributed by atoms with E-state index in [2.05, 4.69) is 4.98 Å². The molecule has 0 saturated heterocycles. The van der Waals surface area contributed by atoms with Crippen LogP contribution in [0.15, 0.2) is 67.0 Å². The van der Waals surface area contributed by atoms with Crippen LogP contribution in [0.25, 0.3) is 16.9 Å². The first kappa shape index (κ1) is 13.1. The van der Waals surface area contributed by atoms with Crippen molar-refractivity contribution in [2.75, 3.05) is 7.11 Å². The van der Waals surface area contributed by atoms with Gasteiger partial charge in [0, 0.05) is 11.3 Å². The van der Waals surface area contributed by atoms with E-state index in [-0.39, 0.29) is 0 Å². The zero-order valence-corrected chi connectivity index (χ0v) is 11.6. The van der Waals surface area contributed by atoms with Gasteiger partial charge >= 0.3 is 5.97 Å². The third kappa shape index (κ3) is 2.43. The molecule has 0 amide bonds. The highest BCUT2D eigenvalue weighted by molar-refractivity contribution is 5.94. The van der Waals surface area contributed by atoms with Crippen LogP contribution in [-0.2, 0) is 4.74 Å². The van der Waals surface area contributed by atoms with Crippen LogP contribution in [0.3, 0.4) is 0 Å². The average molecular weight is 278 g/mol. The molecule has 3 aromatic rings. The standard InChI is InChI=1S/C17H14N2O2/c1-21-17(20)15-16(13-8-4-2-5-9-13)19(12-18-15)14-10-6-3-7-11-14/h2-12H,1H3. The summed E-state index contributed by atoms with van der Waals surface area (Å²) in [5.41, 5.74) is 2.90. The maximum absolute atomic E-state index is 12.0. The highest BCUT2D eigenvalue weighted by atomic mass is 16.5. The van der Waals surface area contributed by atoms with E-state index in [9.17, 15) is 4.79 Å². The maximum atomic E-state index is 12.0. The monoisotopic (exact) mass is 278 g/mol. The smallest absolute Gasteiger partial charge is 0.358 e. The molecule has 0 N–H and O–H groups in total. The first-order chi connectivity index (χ1) is 10.3. The second-order valence-electron chi connectivity index (χ2n) is 4.50. The van der Waals surface area contributed by atoms with Crippen molar-refractivity contribution in [3.63, 3.8) is 0 Å². The second-order valence-corrected chi connectivity index (χ2v) is 4.50. The highest BCUT2D eigenvalue weighted by Gasteiger charge is 2.20. The second kappa shape index (κ2) is 5.63. The van der Waals surface area contributed by atoms with Crippen molar-refractivity contribution >= 4 is 5.97 Å². The molecule has 0 unspecified atom stereocenters. The van der Waals surface area contributed by atoms with Crippen LogP contribution in [0.2, 0.25) is 0 Å². The molecule has 1 heterocycles. The fourth-order valence-electron chi connectivity index (χ4n) is 2.25. The summed E-state index contributed by atoms with van der Waals surface area (Å²) in [4.78, 5) is 16.2. The molecule has 0 radical (unpaired) electrons. The minimum atomic E-state index is -0.441. The largest absolute Gasteiger partial charge is 0.464 e. The number of aromatic nitrogens is 2. The predicted octanol–water partition coefficient (Wildman–Crippen LogP) is 3.33. The lowest BCUT2D eigenvalue weighted by Gasteiger charge is -2.09. The number of para-hydroxylation sites is 1. The lowest BCUT2D eigenvalue weighted by Crippen LogP contribution is -2.05. The van der Waals surface area contributed by atoms with Crippen molar-refractivity contribution < 1.29 is 9.53 Å². The number of carbonyl (C=O) groups excluding carboxylic acids is 1. The summed E-state index contributed by atoms with van der Waals surface area (Å²) in [5, 5.41) is 0. The molecule has 0 aliphatic carbocycles. The van der Waals surface area contributed by atoms with Crippen LogP contribution < -0.4 is 0 Å². The number of methoxy groups -OCH3 is 1. The lowest BCUT2D eigenvalue weighted by atomic mass is 10.1. The third-order valence-corrected chi connectivity index (χ3v) is 3.23. The van der Waals surface area contributed by atoms with Crippen molar-refractivity contribution in [3.05, 3.63) is 72.7 Å². The Morgan fingerprint density at radius 3 is 2.24 bits per heavy atom. The van der Waals surface area contributed by atoms with Gasteiger partial charge in [0.15, 0.2) is 5.69 Å². The summed E-state index contributed by atoms with van der Waals surface area (Å²) in [6.45, 7) is 0. The Kier molecular flexibility index (Phi) is 3.51. The molecule has 0 spiro atoms. The van der Waals surface area contributed by atoms with E-state index < -0.39 is 5.97 Å². The van der Waals surface area contributed by atoms with E-state index in [1.165, 1.54) is 7.11 Å². The molecular formula is C17H14N2O2. The van der Waals surface area contributed by atoms with E-state index >= 15 is 0 Å². The summed E-state index contributed by atoms with van der Waals surface area (Å²) >= 11 is 0. The van der Waals surface area contributed by atoms with Gasteiger partial charge in [0.2, 0.25) is 0 Å². The topological polar surface area (TPSA) is 44.1 Å². The summed E-state index contributed by atoms with van der Waals surface area (Å²) in [6, 6.07) is 19.5. The van der Waals surface area contributed by atoms with Gasteiger partial charge in [-0.05, 0) is 12.1 Å². The fourth-order valence-corrected chi connectivity index (χ4v) is 2.25. The van der Waals surface area contributed by atoms with Crippen molar-refractivity contribution in [2.45, 2.75) is 0 Å². The van der Waals surface area contributed by atoms with Crippen LogP contribution in [0.5, 0.6) is 0 Å². The van der Waals surface area contributed by atoms with E-state index in [0.717, 1.165) is 16.9 Å². The molecule has 0 aliphatic heterocycles. The van der Waals surface area contributed by atoms with Crippen LogP contribution in [-0.4, -0.2) is 22.6 Å². The molecule has 21 heavy (non-hydrogen) atoms. The molecule has 0 fully saturated rings. The van der Waals surface area contributed by atoms with Crippen LogP contribution >= 0.6 is 0 Å². The van der Waals surface area contributed by atoms with Gasteiger partial charge in [-0.3, -0.25) is 4.57 Å². The highest BCUT2D eigenvalue weighted by Crippen LogP contribution is 2.26. The number of hydrogen-bond donors (Lipinski definition) is 0. The van der Waals surface area contributed by atoms with Crippen molar-refractivity contribution in [2.24, 2.45) is 0 Å². The number of esters is 1. The maximum Gasteiger partial charge on any atom is 0.358 e. The molecule has 104 valence electrons. The zero-order chi connectivity index (χ0) is 14.7. The SMILES string of the molecule is COC(=O)c1ncn(-c2ccccc2)c1-c1ccccc1. The summed E-state index contributed by atoms with van der Waals surface area (Å²) in [6.07, 6.45) is 1.64.